The van der Waals surface area contributed by atoms with Crippen LogP contribution in [-0.2, 0) is 23.5 Å². The van der Waals surface area contributed by atoms with Gasteiger partial charge in [0, 0.05) is 31.9 Å². The molecule has 0 aliphatic heterocycles. The molecule has 0 aliphatic rings. The molecule has 1 aromatic carbocycles. The van der Waals surface area contributed by atoms with E-state index in [0.29, 0.717) is 12.1 Å². The first-order chi connectivity index (χ1) is 9.79. The second-order valence-corrected chi connectivity index (χ2v) is 6.15. The molecule has 0 amide bonds. The minimum absolute atomic E-state index is 0.0252. The van der Waals surface area contributed by atoms with Gasteiger partial charge in [0.15, 0.2) is 4.90 Å². The van der Waals surface area contributed by atoms with Crippen molar-refractivity contribution in [3.05, 3.63) is 41.7 Å². The van der Waals surface area contributed by atoms with Crippen molar-refractivity contribution in [2.45, 2.75) is 11.3 Å². The summed E-state index contributed by atoms with van der Waals surface area (Å²) in [5.74, 6) is -2.45. The Balaban J connectivity index is 2.12. The van der Waals surface area contributed by atoms with Crippen molar-refractivity contribution in [3.63, 3.8) is 0 Å². The Morgan fingerprint density at radius 3 is 2.48 bits per heavy atom. The van der Waals surface area contributed by atoms with Gasteiger partial charge < -0.3 is 5.73 Å². The standard InChI is InChI=1S/C12H14F2N4O2S/c1-18-5-3-9(17-18)2-4-16-21(19,20)12-10(13)6-8(15)7-11(12)14/h3,5-7,16H,2,4,15H2,1H3. The van der Waals surface area contributed by atoms with Gasteiger partial charge >= 0.3 is 0 Å². The van der Waals surface area contributed by atoms with Crippen molar-refractivity contribution in [1.82, 2.24) is 14.5 Å². The molecule has 114 valence electrons. The number of nitrogens with two attached hydrogens (primary N) is 1. The number of nitrogens with one attached hydrogen (secondary N) is 1. The Kier molecular flexibility index (Phi) is 4.24. The summed E-state index contributed by atoms with van der Waals surface area (Å²) in [5, 5.41) is 4.07. The van der Waals surface area contributed by atoms with E-state index in [1.165, 1.54) is 0 Å². The zero-order valence-corrected chi connectivity index (χ0v) is 12.0. The fourth-order valence-electron chi connectivity index (χ4n) is 1.82. The molecule has 1 aromatic heterocycles. The van der Waals surface area contributed by atoms with E-state index < -0.39 is 26.6 Å². The molecule has 0 fully saturated rings. The maximum atomic E-state index is 13.6. The maximum Gasteiger partial charge on any atom is 0.246 e. The molecule has 0 saturated carbocycles. The number of hydrogen-bond acceptors (Lipinski definition) is 4. The summed E-state index contributed by atoms with van der Waals surface area (Å²) in [6.45, 7) is -0.0252. The van der Waals surface area contributed by atoms with Crippen LogP contribution in [0.15, 0.2) is 29.3 Å². The smallest absolute Gasteiger partial charge is 0.246 e. The third-order valence-corrected chi connectivity index (χ3v) is 4.24. The fourth-order valence-corrected chi connectivity index (χ4v) is 2.96. The van der Waals surface area contributed by atoms with Crippen molar-refractivity contribution >= 4 is 15.7 Å². The molecule has 3 N–H and O–H groups in total. The van der Waals surface area contributed by atoms with Crippen LogP contribution < -0.4 is 10.5 Å². The summed E-state index contributed by atoms with van der Waals surface area (Å²) in [6, 6.07) is 3.24. The number of nitrogens with zero attached hydrogens (tertiary/aromatic N) is 2. The Hall–Kier alpha value is -2.00. The SMILES string of the molecule is Cn1ccc(CCNS(=O)(=O)c2c(F)cc(N)cc2F)n1. The number of benzene rings is 1. The van der Waals surface area contributed by atoms with E-state index in [4.69, 9.17) is 5.73 Å². The van der Waals surface area contributed by atoms with Gasteiger partial charge in [0.25, 0.3) is 0 Å². The van der Waals surface area contributed by atoms with Gasteiger partial charge in [0.2, 0.25) is 10.0 Å². The quantitative estimate of drug-likeness (QED) is 0.799. The van der Waals surface area contributed by atoms with Crippen molar-refractivity contribution in [2.75, 3.05) is 12.3 Å². The second-order valence-electron chi connectivity index (χ2n) is 4.44. The average molecular weight is 316 g/mol. The second kappa shape index (κ2) is 5.78. The van der Waals surface area contributed by atoms with Gasteiger partial charge in [-0.3, -0.25) is 4.68 Å². The van der Waals surface area contributed by atoms with Crippen LogP contribution in [0.1, 0.15) is 5.69 Å². The molecule has 9 heteroatoms. The van der Waals surface area contributed by atoms with Crippen LogP contribution in [0, 0.1) is 11.6 Å². The van der Waals surface area contributed by atoms with Gasteiger partial charge in [-0.1, -0.05) is 0 Å². The van der Waals surface area contributed by atoms with E-state index in [1.54, 1.807) is 24.0 Å². The van der Waals surface area contributed by atoms with Gasteiger partial charge in [-0.2, -0.15) is 5.10 Å². The number of nitrogen functional groups attached to an aromatic ring is 1. The number of anilines is 1. The molecular weight excluding hydrogens is 302 g/mol. The van der Waals surface area contributed by atoms with Crippen LogP contribution in [0.3, 0.4) is 0 Å². The highest BCUT2D eigenvalue weighted by Gasteiger charge is 2.24. The molecule has 0 radical (unpaired) electrons. The van der Waals surface area contributed by atoms with E-state index in [1.807, 2.05) is 0 Å². The number of rotatable bonds is 5. The minimum Gasteiger partial charge on any atom is -0.399 e. The van der Waals surface area contributed by atoms with Crippen molar-refractivity contribution < 1.29 is 17.2 Å². The molecule has 0 aliphatic carbocycles. The van der Waals surface area contributed by atoms with Gasteiger partial charge in [-0.25, -0.2) is 21.9 Å². The van der Waals surface area contributed by atoms with Gasteiger partial charge in [0.05, 0.1) is 5.69 Å². The van der Waals surface area contributed by atoms with Crippen LogP contribution in [0.4, 0.5) is 14.5 Å². The lowest BCUT2D eigenvalue weighted by molar-refractivity contribution is 0.515. The van der Waals surface area contributed by atoms with E-state index in [9.17, 15) is 17.2 Å². The van der Waals surface area contributed by atoms with E-state index in [2.05, 4.69) is 9.82 Å². The highest BCUT2D eigenvalue weighted by molar-refractivity contribution is 7.89. The zero-order chi connectivity index (χ0) is 15.6. The number of hydrogen-bond donors (Lipinski definition) is 2. The lowest BCUT2D eigenvalue weighted by Gasteiger charge is -2.08. The summed E-state index contributed by atoms with van der Waals surface area (Å²) >= 11 is 0. The average Bonchev–Trinajstić information content (AvgIpc) is 2.72. The Bertz CT molecular complexity index is 735. The van der Waals surface area contributed by atoms with Crippen molar-refractivity contribution in [1.29, 1.82) is 0 Å². The predicted octanol–water partition coefficient (Wildman–Crippen LogP) is 0.802. The van der Waals surface area contributed by atoms with Crippen LogP contribution in [0.5, 0.6) is 0 Å². The third-order valence-electron chi connectivity index (χ3n) is 2.73. The van der Waals surface area contributed by atoms with E-state index >= 15 is 0 Å². The molecule has 2 rings (SSSR count). The third kappa shape index (κ3) is 3.56. The summed E-state index contributed by atoms with van der Waals surface area (Å²) in [4.78, 5) is -1.03. The fraction of sp³-hybridized carbons (Fsp3) is 0.250. The monoisotopic (exact) mass is 316 g/mol. The minimum atomic E-state index is -4.29. The summed E-state index contributed by atoms with van der Waals surface area (Å²) in [6.07, 6.45) is 2.02. The summed E-state index contributed by atoms with van der Waals surface area (Å²) in [5.41, 5.74) is 5.73. The van der Waals surface area contributed by atoms with Crippen molar-refractivity contribution in [3.8, 4) is 0 Å². The molecule has 0 saturated heterocycles. The Morgan fingerprint density at radius 2 is 1.95 bits per heavy atom. The molecule has 0 atom stereocenters. The summed E-state index contributed by atoms with van der Waals surface area (Å²) in [7, 11) is -2.56. The van der Waals surface area contributed by atoms with Crippen molar-refractivity contribution in [2.24, 2.45) is 7.05 Å². The highest BCUT2D eigenvalue weighted by Crippen LogP contribution is 2.21. The zero-order valence-electron chi connectivity index (χ0n) is 11.2. The van der Waals surface area contributed by atoms with Crippen LogP contribution in [0.25, 0.3) is 0 Å². The molecular formula is C12H14F2N4O2S. The molecule has 0 bridgehead atoms. The Morgan fingerprint density at radius 1 is 1.33 bits per heavy atom. The van der Waals surface area contributed by atoms with Crippen LogP contribution in [0.2, 0.25) is 0 Å². The molecule has 6 nitrogen and oxygen atoms in total. The maximum absolute atomic E-state index is 13.6. The first-order valence-electron chi connectivity index (χ1n) is 6.02. The number of aromatic nitrogens is 2. The molecule has 0 unspecified atom stereocenters. The topological polar surface area (TPSA) is 90.0 Å². The normalized spacial score (nSPS) is 11.8. The van der Waals surface area contributed by atoms with Gasteiger partial charge in [-0.15, -0.1) is 0 Å². The van der Waals surface area contributed by atoms with Crippen LogP contribution in [-0.4, -0.2) is 24.7 Å². The van der Waals surface area contributed by atoms with Crippen LogP contribution >= 0.6 is 0 Å². The molecule has 21 heavy (non-hydrogen) atoms. The number of sulfonamides is 1. The molecule has 2 aromatic rings. The number of halogens is 2. The van der Waals surface area contributed by atoms with E-state index in [-0.39, 0.29) is 12.2 Å². The summed E-state index contributed by atoms with van der Waals surface area (Å²) < 4.78 is 54.8. The van der Waals surface area contributed by atoms with Gasteiger partial charge in [-0.05, 0) is 18.2 Å². The van der Waals surface area contributed by atoms with Gasteiger partial charge in [0.1, 0.15) is 11.6 Å². The molecule has 0 spiro atoms. The molecule has 1 heterocycles. The predicted molar refractivity (Wildman–Crippen MR) is 72.9 cm³/mol. The lowest BCUT2D eigenvalue weighted by atomic mass is 10.3. The lowest BCUT2D eigenvalue weighted by Crippen LogP contribution is -2.28. The highest BCUT2D eigenvalue weighted by atomic mass is 32.2. The number of aryl methyl sites for hydroxylation is 1. The first kappa shape index (κ1) is 15.4. The largest absolute Gasteiger partial charge is 0.399 e. The Labute approximate surface area is 120 Å². The van der Waals surface area contributed by atoms with E-state index in [0.717, 1.165) is 12.1 Å². The first-order valence-corrected chi connectivity index (χ1v) is 7.50.